The molecule has 0 bridgehead atoms. The molecule has 22 heavy (non-hydrogen) atoms. The molecule has 5 heteroatoms. The maximum Gasteiger partial charge on any atom is 0.231 e. The minimum Gasteiger partial charge on any atom is -0.454 e. The summed E-state index contributed by atoms with van der Waals surface area (Å²) < 4.78 is 16.5. The molecule has 2 aromatic rings. The highest BCUT2D eigenvalue weighted by molar-refractivity contribution is 5.79. The van der Waals surface area contributed by atoms with Gasteiger partial charge in [-0.2, -0.15) is 0 Å². The monoisotopic (exact) mass is 298 g/mol. The SMILES string of the molecule is C(=Nc1ccc2c(c1)OCO2)c1ccc(N2CCCCC2)o1. The quantitative estimate of drug-likeness (QED) is 0.810. The summed E-state index contributed by atoms with van der Waals surface area (Å²) in [6, 6.07) is 9.62. The Kier molecular flexibility index (Phi) is 3.46. The number of piperidine rings is 1. The molecule has 2 aliphatic heterocycles. The predicted octanol–water partition coefficient (Wildman–Crippen LogP) is 3.75. The Morgan fingerprint density at radius 3 is 2.73 bits per heavy atom. The van der Waals surface area contributed by atoms with E-state index in [0.29, 0.717) is 0 Å². The van der Waals surface area contributed by atoms with Crippen molar-refractivity contribution in [3.63, 3.8) is 0 Å². The summed E-state index contributed by atoms with van der Waals surface area (Å²) in [6.07, 6.45) is 5.53. The Morgan fingerprint density at radius 2 is 1.82 bits per heavy atom. The molecule has 1 aromatic heterocycles. The topological polar surface area (TPSA) is 47.2 Å². The second-order valence-electron chi connectivity index (χ2n) is 5.52. The number of benzene rings is 1. The molecule has 1 aromatic carbocycles. The van der Waals surface area contributed by atoms with E-state index in [0.717, 1.165) is 41.9 Å². The lowest BCUT2D eigenvalue weighted by Crippen LogP contribution is -2.28. The zero-order chi connectivity index (χ0) is 14.8. The van der Waals surface area contributed by atoms with E-state index in [4.69, 9.17) is 13.9 Å². The summed E-state index contributed by atoms with van der Waals surface area (Å²) in [5, 5.41) is 0. The summed E-state index contributed by atoms with van der Waals surface area (Å²) in [6.45, 7) is 2.43. The van der Waals surface area contributed by atoms with Crippen LogP contribution >= 0.6 is 0 Å². The van der Waals surface area contributed by atoms with Gasteiger partial charge in [0.25, 0.3) is 0 Å². The highest BCUT2D eigenvalue weighted by Crippen LogP contribution is 2.35. The van der Waals surface area contributed by atoms with Gasteiger partial charge in [-0.3, -0.25) is 4.99 Å². The van der Waals surface area contributed by atoms with Gasteiger partial charge in [0.2, 0.25) is 6.79 Å². The van der Waals surface area contributed by atoms with Gasteiger partial charge in [0, 0.05) is 25.2 Å². The standard InChI is InChI=1S/C17H18N2O3/c1-2-8-19(9-3-1)17-7-5-14(22-17)11-18-13-4-6-15-16(10-13)21-12-20-15/h4-7,10-11H,1-3,8-9,12H2. The van der Waals surface area contributed by atoms with Gasteiger partial charge in [0.1, 0.15) is 5.76 Å². The van der Waals surface area contributed by atoms with Crippen molar-refractivity contribution >= 4 is 17.8 Å². The molecule has 0 unspecified atom stereocenters. The first-order chi connectivity index (χ1) is 10.9. The number of hydrogen-bond acceptors (Lipinski definition) is 5. The molecule has 114 valence electrons. The normalized spacial score (nSPS) is 17.4. The van der Waals surface area contributed by atoms with Crippen molar-refractivity contribution in [2.45, 2.75) is 19.3 Å². The number of hydrogen-bond donors (Lipinski definition) is 0. The molecule has 0 N–H and O–H groups in total. The van der Waals surface area contributed by atoms with Crippen LogP contribution in [0.25, 0.3) is 0 Å². The first-order valence-electron chi connectivity index (χ1n) is 7.67. The lowest BCUT2D eigenvalue weighted by atomic mass is 10.1. The van der Waals surface area contributed by atoms with Gasteiger partial charge in [0.05, 0.1) is 11.9 Å². The molecule has 0 amide bonds. The molecule has 0 aliphatic carbocycles. The fraction of sp³-hybridized carbons (Fsp3) is 0.353. The van der Waals surface area contributed by atoms with E-state index in [1.807, 2.05) is 30.3 Å². The minimum absolute atomic E-state index is 0.278. The summed E-state index contributed by atoms with van der Waals surface area (Å²) in [5.41, 5.74) is 0.820. The second kappa shape index (κ2) is 5.75. The van der Waals surface area contributed by atoms with Crippen molar-refractivity contribution in [1.82, 2.24) is 0 Å². The zero-order valence-electron chi connectivity index (χ0n) is 12.3. The lowest BCUT2D eigenvalue weighted by molar-refractivity contribution is 0.174. The van der Waals surface area contributed by atoms with Crippen LogP contribution < -0.4 is 14.4 Å². The Labute approximate surface area is 129 Å². The van der Waals surface area contributed by atoms with Crippen molar-refractivity contribution in [2.75, 3.05) is 24.8 Å². The first-order valence-corrected chi connectivity index (χ1v) is 7.67. The highest BCUT2D eigenvalue weighted by atomic mass is 16.7. The first kappa shape index (κ1) is 13.2. The van der Waals surface area contributed by atoms with Gasteiger partial charge in [-0.25, -0.2) is 0 Å². The Balaban J connectivity index is 1.47. The van der Waals surface area contributed by atoms with Crippen LogP contribution in [0.2, 0.25) is 0 Å². The predicted molar refractivity (Wildman–Crippen MR) is 84.6 cm³/mol. The molecular weight excluding hydrogens is 280 g/mol. The number of aliphatic imine (C=N–C) groups is 1. The van der Waals surface area contributed by atoms with Crippen LogP contribution in [0.1, 0.15) is 25.0 Å². The summed E-state index contributed by atoms with van der Waals surface area (Å²) in [7, 11) is 0. The molecular formula is C17H18N2O3. The molecule has 2 aliphatic rings. The number of furan rings is 1. The molecule has 0 atom stereocenters. The van der Waals surface area contributed by atoms with E-state index in [9.17, 15) is 0 Å². The molecule has 4 rings (SSSR count). The molecule has 0 radical (unpaired) electrons. The van der Waals surface area contributed by atoms with Crippen molar-refractivity contribution in [3.05, 3.63) is 36.1 Å². The van der Waals surface area contributed by atoms with Crippen molar-refractivity contribution in [3.8, 4) is 11.5 Å². The Hall–Kier alpha value is -2.43. The summed E-state index contributed by atoms with van der Waals surface area (Å²) >= 11 is 0. The van der Waals surface area contributed by atoms with Crippen LogP contribution in [0.3, 0.4) is 0 Å². The third-order valence-electron chi connectivity index (χ3n) is 3.98. The molecule has 3 heterocycles. The van der Waals surface area contributed by atoms with Gasteiger partial charge in [0.15, 0.2) is 17.4 Å². The molecule has 1 saturated heterocycles. The fourth-order valence-electron chi connectivity index (χ4n) is 2.80. The third-order valence-corrected chi connectivity index (χ3v) is 3.98. The number of fused-ring (bicyclic) bond motifs is 1. The largest absolute Gasteiger partial charge is 0.454 e. The van der Waals surface area contributed by atoms with E-state index in [1.165, 1.54) is 19.3 Å². The van der Waals surface area contributed by atoms with E-state index < -0.39 is 0 Å². The fourth-order valence-corrected chi connectivity index (χ4v) is 2.80. The zero-order valence-corrected chi connectivity index (χ0v) is 12.3. The van der Waals surface area contributed by atoms with Crippen molar-refractivity contribution < 1.29 is 13.9 Å². The minimum atomic E-state index is 0.278. The van der Waals surface area contributed by atoms with Crippen LogP contribution in [0, 0.1) is 0 Å². The maximum atomic E-state index is 5.86. The third kappa shape index (κ3) is 2.66. The maximum absolute atomic E-state index is 5.86. The summed E-state index contributed by atoms with van der Waals surface area (Å²) in [4.78, 5) is 6.73. The van der Waals surface area contributed by atoms with Crippen molar-refractivity contribution in [2.24, 2.45) is 4.99 Å². The van der Waals surface area contributed by atoms with Crippen LogP contribution in [-0.2, 0) is 0 Å². The number of anilines is 1. The van der Waals surface area contributed by atoms with Gasteiger partial charge >= 0.3 is 0 Å². The van der Waals surface area contributed by atoms with E-state index in [1.54, 1.807) is 6.21 Å². The number of ether oxygens (including phenoxy) is 2. The van der Waals surface area contributed by atoms with Crippen LogP contribution in [0.15, 0.2) is 39.7 Å². The van der Waals surface area contributed by atoms with Crippen LogP contribution in [-0.4, -0.2) is 26.1 Å². The Morgan fingerprint density at radius 1 is 0.955 bits per heavy atom. The van der Waals surface area contributed by atoms with Crippen LogP contribution in [0.5, 0.6) is 11.5 Å². The number of rotatable bonds is 3. The van der Waals surface area contributed by atoms with Gasteiger partial charge < -0.3 is 18.8 Å². The van der Waals surface area contributed by atoms with E-state index in [-0.39, 0.29) is 6.79 Å². The average molecular weight is 298 g/mol. The molecule has 1 fully saturated rings. The smallest absolute Gasteiger partial charge is 0.231 e. The second-order valence-corrected chi connectivity index (χ2v) is 5.52. The van der Waals surface area contributed by atoms with Gasteiger partial charge in [-0.15, -0.1) is 0 Å². The molecule has 5 nitrogen and oxygen atoms in total. The van der Waals surface area contributed by atoms with Crippen LogP contribution in [0.4, 0.5) is 11.6 Å². The van der Waals surface area contributed by atoms with Crippen molar-refractivity contribution in [1.29, 1.82) is 0 Å². The lowest BCUT2D eigenvalue weighted by Gasteiger charge is -2.25. The number of nitrogens with zero attached hydrogens (tertiary/aromatic N) is 2. The van der Waals surface area contributed by atoms with Gasteiger partial charge in [-0.1, -0.05) is 0 Å². The molecule has 0 saturated carbocycles. The Bertz CT molecular complexity index is 687. The summed E-state index contributed by atoms with van der Waals surface area (Å²) in [5.74, 6) is 3.21. The van der Waals surface area contributed by atoms with E-state index in [2.05, 4.69) is 9.89 Å². The van der Waals surface area contributed by atoms with Gasteiger partial charge in [-0.05, 0) is 37.5 Å². The highest BCUT2D eigenvalue weighted by Gasteiger charge is 2.14. The van der Waals surface area contributed by atoms with E-state index >= 15 is 0 Å². The molecule has 0 spiro atoms. The average Bonchev–Trinajstić information content (AvgIpc) is 3.22.